The molecule has 1 nitrogen and oxygen atoms in total. The van der Waals surface area contributed by atoms with E-state index in [9.17, 15) is 44.3 Å². The molecule has 0 amide bonds. The second-order valence-corrected chi connectivity index (χ2v) is 7.45. The molecule has 0 radical (unpaired) electrons. The Balaban J connectivity index is 2.65. The number of ketones is 1. The number of carbonyl (C=O) groups excluding carboxylic acids is 1. The van der Waals surface area contributed by atoms with Crippen molar-refractivity contribution >= 4 is 23.2 Å². The largest absolute Gasteiger partial charge is 0.417 e. The minimum absolute atomic E-state index is 0.0355. The zero-order valence-electron chi connectivity index (χ0n) is 16.3. The third kappa shape index (κ3) is 6.05. The molecule has 2 aromatic rings. The van der Waals surface area contributed by atoms with E-state index in [1.165, 1.54) is 0 Å². The van der Waals surface area contributed by atoms with E-state index in [1.54, 1.807) is 0 Å². The molecule has 2 aromatic carbocycles. The smallest absolute Gasteiger partial charge is 0.294 e. The maximum atomic E-state index is 14.7. The number of Topliss-reactive ketones (excluding diaryl/α,β-unsaturated/α-hetero) is 1. The van der Waals surface area contributed by atoms with Crippen molar-refractivity contribution in [2.24, 2.45) is 0 Å². The van der Waals surface area contributed by atoms with Crippen molar-refractivity contribution in [3.8, 4) is 0 Å². The minimum atomic E-state index is -5.19. The van der Waals surface area contributed by atoms with E-state index >= 15 is 0 Å². The Hall–Kier alpha value is -2.49. The topological polar surface area (TPSA) is 17.1 Å². The van der Waals surface area contributed by atoms with Crippen molar-refractivity contribution < 1.29 is 44.3 Å². The molecular weight excluding hydrogens is 475 g/mol. The second kappa shape index (κ2) is 8.80. The summed E-state index contributed by atoms with van der Waals surface area (Å²) in [5, 5.41) is -0.466. The van der Waals surface area contributed by atoms with Crippen molar-refractivity contribution in [2.45, 2.75) is 38.0 Å². The van der Waals surface area contributed by atoms with Gasteiger partial charge in [0.1, 0.15) is 11.7 Å². The number of halogens is 10. The molecule has 0 bridgehead atoms. The quantitative estimate of drug-likeness (QED) is 0.305. The van der Waals surface area contributed by atoms with E-state index in [1.807, 2.05) is 0 Å². The van der Waals surface area contributed by atoms with Crippen LogP contribution in [0, 0.1) is 0 Å². The number of benzene rings is 2. The van der Waals surface area contributed by atoms with Gasteiger partial charge >= 0.3 is 12.4 Å². The maximum Gasteiger partial charge on any atom is 0.417 e. The number of rotatable bonds is 5. The van der Waals surface area contributed by atoms with Crippen LogP contribution in [-0.2, 0) is 12.1 Å². The van der Waals surface area contributed by atoms with Crippen LogP contribution in [0.15, 0.2) is 42.5 Å². The Morgan fingerprint density at radius 2 is 1.56 bits per heavy atom. The Morgan fingerprint density at radius 1 is 0.969 bits per heavy atom. The number of hydrogen-bond donors (Lipinski definition) is 0. The Kier molecular flexibility index (Phi) is 7.09. The first-order valence-corrected chi connectivity index (χ1v) is 9.14. The molecule has 0 saturated heterocycles. The monoisotopic (exact) mass is 488 g/mol. The van der Waals surface area contributed by atoms with Crippen LogP contribution in [0.2, 0.25) is 5.02 Å². The highest BCUT2D eigenvalue weighted by atomic mass is 35.5. The Bertz CT molecular complexity index is 1050. The molecule has 0 saturated carbocycles. The molecule has 1 atom stereocenters. The van der Waals surface area contributed by atoms with Crippen molar-refractivity contribution in [2.75, 3.05) is 0 Å². The number of allylic oxidation sites excluding steroid dienone is 1. The molecule has 0 aromatic heterocycles. The van der Waals surface area contributed by atoms with Gasteiger partial charge in [0, 0.05) is 28.6 Å². The minimum Gasteiger partial charge on any atom is -0.294 e. The molecule has 0 spiro atoms. The van der Waals surface area contributed by atoms with E-state index in [0.29, 0.717) is 25.1 Å². The molecule has 0 aliphatic heterocycles. The van der Waals surface area contributed by atoms with Gasteiger partial charge in [0.15, 0.2) is 5.78 Å². The van der Waals surface area contributed by atoms with Crippen LogP contribution in [0.25, 0.3) is 5.83 Å². The summed E-state index contributed by atoms with van der Waals surface area (Å²) in [6, 6.07) is 3.52. The zero-order chi connectivity index (χ0) is 24.6. The van der Waals surface area contributed by atoms with Crippen molar-refractivity contribution in [1.29, 1.82) is 0 Å². The summed E-state index contributed by atoms with van der Waals surface area (Å²) in [6.07, 6.45) is -10.3. The lowest BCUT2D eigenvalue weighted by atomic mass is 9.93. The van der Waals surface area contributed by atoms with E-state index < -0.39 is 68.6 Å². The molecule has 0 aliphatic carbocycles. The summed E-state index contributed by atoms with van der Waals surface area (Å²) in [5.74, 6) is -9.02. The van der Waals surface area contributed by atoms with Gasteiger partial charge in [-0.25, -0.2) is 13.2 Å². The van der Waals surface area contributed by atoms with E-state index in [2.05, 4.69) is 0 Å². The van der Waals surface area contributed by atoms with Gasteiger partial charge in [0.2, 0.25) is 0 Å². The first-order chi connectivity index (χ1) is 14.4. The number of alkyl halides is 8. The Labute approximate surface area is 181 Å². The zero-order valence-corrected chi connectivity index (χ0v) is 17.1. The predicted molar refractivity (Wildman–Crippen MR) is 100 cm³/mol. The molecule has 0 aliphatic rings. The number of hydrogen-bond acceptors (Lipinski definition) is 1. The third-order valence-corrected chi connectivity index (χ3v) is 4.65. The molecule has 0 fully saturated rings. The first kappa shape index (κ1) is 25.8. The SMILES string of the molecule is CC(=O)c1ccc(/C(F)=C/C(c2cc(Cl)cc(C(C)(F)F)c2)C(F)(F)F)cc1C(F)(F)F. The van der Waals surface area contributed by atoms with Crippen LogP contribution < -0.4 is 0 Å². The van der Waals surface area contributed by atoms with Gasteiger partial charge in [0.05, 0.1) is 5.56 Å². The number of carbonyl (C=O) groups is 1. The summed E-state index contributed by atoms with van der Waals surface area (Å²) in [7, 11) is 0. The highest BCUT2D eigenvalue weighted by Gasteiger charge is 2.41. The maximum absolute atomic E-state index is 14.7. The fourth-order valence-corrected chi connectivity index (χ4v) is 3.15. The average Bonchev–Trinajstić information content (AvgIpc) is 2.62. The second-order valence-electron chi connectivity index (χ2n) is 7.01. The lowest BCUT2D eigenvalue weighted by Crippen LogP contribution is -2.20. The van der Waals surface area contributed by atoms with Gasteiger partial charge in [-0.15, -0.1) is 0 Å². The van der Waals surface area contributed by atoms with Crippen LogP contribution in [-0.4, -0.2) is 12.0 Å². The molecule has 11 heteroatoms. The van der Waals surface area contributed by atoms with Crippen LogP contribution in [0.5, 0.6) is 0 Å². The predicted octanol–water partition coefficient (Wildman–Crippen LogP) is 8.33. The summed E-state index contributed by atoms with van der Waals surface area (Å²) >= 11 is 5.65. The van der Waals surface area contributed by atoms with Gasteiger partial charge in [-0.3, -0.25) is 4.79 Å². The fraction of sp³-hybridized carbons (Fsp3) is 0.286. The lowest BCUT2D eigenvalue weighted by Gasteiger charge is -2.20. The van der Waals surface area contributed by atoms with Crippen LogP contribution in [0.4, 0.5) is 39.5 Å². The molecule has 32 heavy (non-hydrogen) atoms. The molecule has 0 N–H and O–H groups in total. The van der Waals surface area contributed by atoms with E-state index in [4.69, 9.17) is 11.6 Å². The standard InChI is InChI=1S/C21H14ClF9O/c1-10(32)15-4-3-11(7-17(15)21(29,30)31)18(23)9-16(20(26,27)28)12-5-13(19(2,24)25)8-14(22)6-12/h3-9,16H,1-2H3/b18-9-. The van der Waals surface area contributed by atoms with Crippen molar-refractivity contribution in [3.05, 3.63) is 75.3 Å². The highest BCUT2D eigenvalue weighted by molar-refractivity contribution is 6.30. The van der Waals surface area contributed by atoms with Crippen LogP contribution >= 0.6 is 11.6 Å². The lowest BCUT2D eigenvalue weighted by molar-refractivity contribution is -0.140. The Morgan fingerprint density at radius 3 is 2.03 bits per heavy atom. The van der Waals surface area contributed by atoms with E-state index in [-0.39, 0.29) is 12.1 Å². The summed E-state index contributed by atoms with van der Waals surface area (Å²) in [6.45, 7) is 1.27. The van der Waals surface area contributed by atoms with Gasteiger partial charge in [0.25, 0.3) is 5.92 Å². The summed E-state index contributed by atoms with van der Waals surface area (Å²) in [4.78, 5) is 11.4. The van der Waals surface area contributed by atoms with Gasteiger partial charge in [-0.05, 0) is 42.8 Å². The molecular formula is C21H14ClF9O. The normalized spacial score (nSPS) is 14.4. The van der Waals surface area contributed by atoms with Crippen molar-refractivity contribution in [3.63, 3.8) is 0 Å². The van der Waals surface area contributed by atoms with Gasteiger partial charge < -0.3 is 0 Å². The molecule has 0 heterocycles. The van der Waals surface area contributed by atoms with Crippen LogP contribution in [0.3, 0.4) is 0 Å². The van der Waals surface area contributed by atoms with Crippen molar-refractivity contribution in [1.82, 2.24) is 0 Å². The third-order valence-electron chi connectivity index (χ3n) is 4.43. The van der Waals surface area contributed by atoms with Crippen LogP contribution in [0.1, 0.15) is 52.4 Å². The average molecular weight is 489 g/mol. The molecule has 1 unspecified atom stereocenters. The first-order valence-electron chi connectivity index (χ1n) is 8.76. The van der Waals surface area contributed by atoms with Gasteiger partial charge in [-0.2, -0.15) is 26.3 Å². The molecule has 2 rings (SSSR count). The summed E-state index contributed by atoms with van der Waals surface area (Å²) in [5.41, 5.74) is -4.86. The highest BCUT2D eigenvalue weighted by Crippen LogP contribution is 2.42. The molecule has 174 valence electrons. The fourth-order valence-electron chi connectivity index (χ4n) is 2.90. The van der Waals surface area contributed by atoms with Gasteiger partial charge in [-0.1, -0.05) is 23.7 Å². The summed E-state index contributed by atoms with van der Waals surface area (Å²) < 4.78 is 122. The van der Waals surface area contributed by atoms with E-state index in [0.717, 1.165) is 19.1 Å².